The molecule has 1 heterocycles. The number of benzene rings is 2. The molecule has 2 aromatic rings. The Morgan fingerprint density at radius 1 is 1.15 bits per heavy atom. The van der Waals surface area contributed by atoms with E-state index in [1.54, 1.807) is 0 Å². The Balaban J connectivity index is 1.43. The fraction of sp³-hybridized carbons (Fsp3) is 0.435. The zero-order chi connectivity index (χ0) is 18.7. The highest BCUT2D eigenvalue weighted by atomic mass is 79.9. The Morgan fingerprint density at radius 2 is 1.96 bits per heavy atom. The number of fused-ring (bicyclic) bond motifs is 1. The number of hydrogen-bond acceptors (Lipinski definition) is 2. The van der Waals surface area contributed by atoms with Crippen LogP contribution in [0.15, 0.2) is 53.0 Å². The molecule has 0 spiro atoms. The van der Waals surface area contributed by atoms with Crippen LogP contribution in [0.25, 0.3) is 0 Å². The van der Waals surface area contributed by atoms with E-state index in [2.05, 4.69) is 63.7 Å². The molecule has 0 saturated carbocycles. The molecule has 1 atom stereocenters. The van der Waals surface area contributed by atoms with Gasteiger partial charge in [-0.15, -0.1) is 0 Å². The molecule has 1 aliphatic heterocycles. The summed E-state index contributed by atoms with van der Waals surface area (Å²) in [7, 11) is 0. The molecule has 1 N–H and O–H groups in total. The molecule has 1 amide bonds. The fourth-order valence-electron chi connectivity index (χ4n) is 4.57. The maximum absolute atomic E-state index is 12.7. The highest BCUT2D eigenvalue weighted by Crippen LogP contribution is 2.37. The van der Waals surface area contributed by atoms with Crippen molar-refractivity contribution in [2.45, 2.75) is 43.4 Å². The van der Waals surface area contributed by atoms with Gasteiger partial charge in [-0.05, 0) is 60.4 Å². The van der Waals surface area contributed by atoms with Gasteiger partial charge in [0.1, 0.15) is 0 Å². The number of nitrogens with one attached hydrogen (secondary N) is 1. The van der Waals surface area contributed by atoms with E-state index in [1.807, 2.05) is 6.07 Å². The molecule has 0 aromatic heterocycles. The summed E-state index contributed by atoms with van der Waals surface area (Å²) in [6.45, 7) is 2.18. The van der Waals surface area contributed by atoms with Crippen LogP contribution >= 0.6 is 15.9 Å². The van der Waals surface area contributed by atoms with Crippen molar-refractivity contribution in [3.63, 3.8) is 0 Å². The van der Waals surface area contributed by atoms with Crippen LogP contribution < -0.4 is 5.32 Å². The zero-order valence-corrected chi connectivity index (χ0v) is 17.1. The third-order valence-corrected chi connectivity index (χ3v) is 6.69. The number of rotatable bonds is 5. The van der Waals surface area contributed by atoms with Gasteiger partial charge in [0.05, 0.1) is 0 Å². The maximum atomic E-state index is 12.7. The standard InChI is InChI=1S/C23H26BrNO2/c24-20-6-3-5-19(15-20)23(10-12-27-13-11-23)16-25-22(26)14-18-9-8-17-4-1-2-7-21(17)18/h1-7,15,18H,8-14,16H2,(H,25,26). The number of carbonyl (C=O) groups is 1. The monoisotopic (exact) mass is 427 g/mol. The summed E-state index contributed by atoms with van der Waals surface area (Å²) in [4.78, 5) is 12.7. The van der Waals surface area contributed by atoms with Crippen LogP contribution in [0.4, 0.5) is 0 Å². The van der Waals surface area contributed by atoms with Crippen LogP contribution in [0.1, 0.15) is 48.3 Å². The summed E-state index contributed by atoms with van der Waals surface area (Å²) in [5.41, 5.74) is 4.02. The highest BCUT2D eigenvalue weighted by Gasteiger charge is 2.35. The first kappa shape index (κ1) is 18.7. The van der Waals surface area contributed by atoms with Crippen molar-refractivity contribution in [2.24, 2.45) is 0 Å². The van der Waals surface area contributed by atoms with Crippen molar-refractivity contribution < 1.29 is 9.53 Å². The predicted molar refractivity (Wildman–Crippen MR) is 111 cm³/mol. The smallest absolute Gasteiger partial charge is 0.220 e. The average Bonchev–Trinajstić information content (AvgIpc) is 3.10. The Labute approximate surface area is 169 Å². The van der Waals surface area contributed by atoms with E-state index in [9.17, 15) is 4.79 Å². The van der Waals surface area contributed by atoms with Crippen molar-refractivity contribution in [3.8, 4) is 0 Å². The van der Waals surface area contributed by atoms with Crippen LogP contribution in [0, 0.1) is 0 Å². The molecule has 1 aliphatic carbocycles. The molecule has 1 saturated heterocycles. The molecule has 0 radical (unpaired) electrons. The normalized spacial score (nSPS) is 20.9. The molecule has 4 heteroatoms. The Kier molecular flexibility index (Phi) is 5.65. The average molecular weight is 428 g/mol. The molecule has 0 bridgehead atoms. The summed E-state index contributed by atoms with van der Waals surface area (Å²) in [5.74, 6) is 0.523. The first-order valence-electron chi connectivity index (χ1n) is 9.85. The first-order chi connectivity index (χ1) is 13.2. The quantitative estimate of drug-likeness (QED) is 0.748. The molecule has 1 unspecified atom stereocenters. The first-order valence-corrected chi connectivity index (χ1v) is 10.6. The molecule has 2 aromatic carbocycles. The van der Waals surface area contributed by atoms with Crippen LogP contribution in [0.2, 0.25) is 0 Å². The second-order valence-corrected chi connectivity index (χ2v) is 8.73. The van der Waals surface area contributed by atoms with Crippen molar-refractivity contribution in [1.29, 1.82) is 0 Å². The third-order valence-electron chi connectivity index (χ3n) is 6.20. The lowest BCUT2D eigenvalue weighted by Crippen LogP contribution is -2.44. The van der Waals surface area contributed by atoms with Crippen LogP contribution in [-0.2, 0) is 21.4 Å². The Morgan fingerprint density at radius 3 is 2.78 bits per heavy atom. The molecule has 142 valence electrons. The number of ether oxygens (including phenoxy) is 1. The van der Waals surface area contributed by atoms with E-state index in [1.165, 1.54) is 16.7 Å². The topological polar surface area (TPSA) is 38.3 Å². The number of hydrogen-bond donors (Lipinski definition) is 1. The van der Waals surface area contributed by atoms with Gasteiger partial charge in [0.2, 0.25) is 5.91 Å². The molecule has 1 fully saturated rings. The SMILES string of the molecule is O=C(CC1CCc2ccccc21)NCC1(c2cccc(Br)c2)CCOCC1. The van der Waals surface area contributed by atoms with E-state index in [0.29, 0.717) is 18.9 Å². The highest BCUT2D eigenvalue weighted by molar-refractivity contribution is 9.10. The molecule has 4 rings (SSSR count). The number of carbonyl (C=O) groups excluding carboxylic acids is 1. The molecule has 3 nitrogen and oxygen atoms in total. The Hall–Kier alpha value is -1.65. The molecule has 2 aliphatic rings. The van der Waals surface area contributed by atoms with E-state index in [-0.39, 0.29) is 11.3 Å². The van der Waals surface area contributed by atoms with Gasteiger partial charge in [0.25, 0.3) is 0 Å². The fourth-order valence-corrected chi connectivity index (χ4v) is 4.97. The van der Waals surface area contributed by atoms with E-state index in [4.69, 9.17) is 4.74 Å². The van der Waals surface area contributed by atoms with Gasteiger partial charge in [-0.2, -0.15) is 0 Å². The number of halogens is 1. The lowest BCUT2D eigenvalue weighted by Gasteiger charge is -2.38. The lowest BCUT2D eigenvalue weighted by atomic mass is 9.74. The molecule has 27 heavy (non-hydrogen) atoms. The van der Waals surface area contributed by atoms with Gasteiger partial charge in [0, 0.05) is 36.1 Å². The zero-order valence-electron chi connectivity index (χ0n) is 15.5. The molecular formula is C23H26BrNO2. The number of amides is 1. The van der Waals surface area contributed by atoms with Gasteiger partial charge in [-0.3, -0.25) is 4.79 Å². The summed E-state index contributed by atoms with van der Waals surface area (Å²) in [6, 6.07) is 17.0. The van der Waals surface area contributed by atoms with Crippen molar-refractivity contribution in [3.05, 3.63) is 69.7 Å². The van der Waals surface area contributed by atoms with Crippen LogP contribution in [0.3, 0.4) is 0 Å². The number of aryl methyl sites for hydroxylation is 1. The lowest BCUT2D eigenvalue weighted by molar-refractivity contribution is -0.122. The van der Waals surface area contributed by atoms with Gasteiger partial charge in [-0.25, -0.2) is 0 Å². The van der Waals surface area contributed by atoms with E-state index in [0.717, 1.165) is 43.4 Å². The van der Waals surface area contributed by atoms with Crippen LogP contribution in [-0.4, -0.2) is 25.7 Å². The summed E-state index contributed by atoms with van der Waals surface area (Å²) >= 11 is 3.59. The summed E-state index contributed by atoms with van der Waals surface area (Å²) in [5, 5.41) is 3.26. The van der Waals surface area contributed by atoms with Crippen molar-refractivity contribution in [2.75, 3.05) is 19.8 Å². The largest absolute Gasteiger partial charge is 0.381 e. The van der Waals surface area contributed by atoms with Gasteiger partial charge < -0.3 is 10.1 Å². The predicted octanol–water partition coefficient (Wildman–Crippen LogP) is 4.73. The molecular weight excluding hydrogens is 402 g/mol. The second-order valence-electron chi connectivity index (χ2n) is 7.82. The van der Waals surface area contributed by atoms with Crippen molar-refractivity contribution >= 4 is 21.8 Å². The van der Waals surface area contributed by atoms with E-state index >= 15 is 0 Å². The minimum atomic E-state index is -0.0364. The van der Waals surface area contributed by atoms with E-state index < -0.39 is 0 Å². The third kappa shape index (κ3) is 4.12. The van der Waals surface area contributed by atoms with Gasteiger partial charge in [0.15, 0.2) is 0 Å². The minimum Gasteiger partial charge on any atom is -0.381 e. The summed E-state index contributed by atoms with van der Waals surface area (Å²) in [6.07, 6.45) is 4.64. The van der Waals surface area contributed by atoms with Gasteiger partial charge in [-0.1, -0.05) is 52.3 Å². The van der Waals surface area contributed by atoms with Crippen LogP contribution in [0.5, 0.6) is 0 Å². The maximum Gasteiger partial charge on any atom is 0.220 e. The second kappa shape index (κ2) is 8.15. The van der Waals surface area contributed by atoms with Gasteiger partial charge >= 0.3 is 0 Å². The minimum absolute atomic E-state index is 0.0364. The Bertz CT molecular complexity index is 814. The van der Waals surface area contributed by atoms with Crippen molar-refractivity contribution in [1.82, 2.24) is 5.32 Å². The summed E-state index contributed by atoms with van der Waals surface area (Å²) < 4.78 is 6.69.